The average Bonchev–Trinajstić information content (AvgIpc) is 2.39. The highest BCUT2D eigenvalue weighted by atomic mass is 32.2. The van der Waals surface area contributed by atoms with Gasteiger partial charge in [-0.15, -0.1) is 11.8 Å². The van der Waals surface area contributed by atoms with Crippen molar-refractivity contribution in [3.63, 3.8) is 0 Å². The van der Waals surface area contributed by atoms with Gasteiger partial charge < -0.3 is 10.4 Å². The number of aliphatic hydroxyl groups is 1. The fourth-order valence-electron chi connectivity index (χ4n) is 2.94. The minimum Gasteiger partial charge on any atom is -0.392 e. The van der Waals surface area contributed by atoms with Gasteiger partial charge in [0.25, 0.3) is 0 Å². The third-order valence-corrected chi connectivity index (χ3v) is 5.70. The summed E-state index contributed by atoms with van der Waals surface area (Å²) in [6.45, 7) is 4.31. The lowest BCUT2D eigenvalue weighted by Gasteiger charge is -2.51. The highest BCUT2D eigenvalue weighted by Gasteiger charge is 2.47. The molecule has 3 unspecified atom stereocenters. The van der Waals surface area contributed by atoms with Crippen molar-refractivity contribution in [3.8, 4) is 0 Å². The molecule has 98 valence electrons. The van der Waals surface area contributed by atoms with Gasteiger partial charge in [0.1, 0.15) is 0 Å². The highest BCUT2D eigenvalue weighted by molar-refractivity contribution is 7.99. The summed E-state index contributed by atoms with van der Waals surface area (Å²) in [6.07, 6.45) is 1.92. The normalized spacial score (nSPS) is 33.6. The molecule has 1 fully saturated rings. The van der Waals surface area contributed by atoms with Crippen molar-refractivity contribution < 1.29 is 5.11 Å². The minimum absolute atomic E-state index is 0.0134. The van der Waals surface area contributed by atoms with E-state index in [-0.39, 0.29) is 11.5 Å². The maximum atomic E-state index is 9.83. The van der Waals surface area contributed by atoms with Crippen LogP contribution in [-0.2, 0) is 0 Å². The summed E-state index contributed by atoms with van der Waals surface area (Å²) < 4.78 is 0. The van der Waals surface area contributed by atoms with E-state index in [2.05, 4.69) is 43.4 Å². The molecular formula is C15H21NOS. The second kappa shape index (κ2) is 4.55. The molecule has 0 bridgehead atoms. The molecule has 0 spiro atoms. The summed E-state index contributed by atoms with van der Waals surface area (Å²) in [5.74, 6) is 1.18. The molecule has 3 heteroatoms. The Hall–Kier alpha value is -0.510. The van der Waals surface area contributed by atoms with Crippen LogP contribution >= 0.6 is 11.8 Å². The monoisotopic (exact) mass is 263 g/mol. The molecule has 18 heavy (non-hydrogen) atoms. The number of rotatable bonds is 2. The Balaban J connectivity index is 1.76. The fraction of sp³-hybridized carbons (Fsp3) is 0.600. The fourth-order valence-corrected chi connectivity index (χ4v) is 4.07. The number of thioether (sulfide) groups is 1. The zero-order chi connectivity index (χ0) is 12.8. The third kappa shape index (κ3) is 1.98. The van der Waals surface area contributed by atoms with Crippen LogP contribution in [0.2, 0.25) is 0 Å². The van der Waals surface area contributed by atoms with Crippen LogP contribution in [0.15, 0.2) is 29.2 Å². The van der Waals surface area contributed by atoms with E-state index in [1.165, 1.54) is 22.6 Å². The molecular weight excluding hydrogens is 242 g/mol. The number of hydrogen-bond acceptors (Lipinski definition) is 3. The van der Waals surface area contributed by atoms with Crippen molar-refractivity contribution >= 4 is 11.8 Å². The Morgan fingerprint density at radius 2 is 2.11 bits per heavy atom. The van der Waals surface area contributed by atoms with Gasteiger partial charge in [0.15, 0.2) is 0 Å². The van der Waals surface area contributed by atoms with E-state index in [0.717, 1.165) is 6.42 Å². The van der Waals surface area contributed by atoms with Gasteiger partial charge in [-0.2, -0.15) is 0 Å². The number of hydrogen-bond donors (Lipinski definition) is 2. The van der Waals surface area contributed by atoms with Crippen molar-refractivity contribution in [2.24, 2.45) is 5.41 Å². The molecule has 0 aromatic heterocycles. The third-order valence-electron chi connectivity index (χ3n) is 4.58. The summed E-state index contributed by atoms with van der Waals surface area (Å²) in [4.78, 5) is 1.42. The van der Waals surface area contributed by atoms with E-state index in [4.69, 9.17) is 0 Å². The van der Waals surface area contributed by atoms with Gasteiger partial charge in [0.05, 0.1) is 6.10 Å². The first kappa shape index (κ1) is 12.5. The van der Waals surface area contributed by atoms with E-state index < -0.39 is 0 Å². The molecule has 1 saturated carbocycles. The molecule has 0 radical (unpaired) electrons. The number of benzene rings is 1. The van der Waals surface area contributed by atoms with Crippen molar-refractivity contribution in [2.75, 3.05) is 5.75 Å². The molecule has 3 rings (SSSR count). The zero-order valence-electron chi connectivity index (χ0n) is 11.0. The Morgan fingerprint density at radius 3 is 2.83 bits per heavy atom. The Bertz CT molecular complexity index is 446. The smallest absolute Gasteiger partial charge is 0.0621 e. The summed E-state index contributed by atoms with van der Waals surface area (Å²) in [7, 11) is 0. The van der Waals surface area contributed by atoms with Crippen LogP contribution in [0.1, 0.15) is 38.3 Å². The molecule has 2 nitrogen and oxygen atoms in total. The van der Waals surface area contributed by atoms with E-state index in [9.17, 15) is 5.11 Å². The Kier molecular flexibility index (Phi) is 3.16. The standard InChI is InChI=1S/C15H21NOS/c1-15(2)13(9-14(15)17)16-11-7-8-18-12-6-4-3-5-10(11)12/h3-6,11,13-14,16-17H,7-9H2,1-2H3. The van der Waals surface area contributed by atoms with E-state index in [1.54, 1.807) is 0 Å². The Morgan fingerprint density at radius 1 is 1.33 bits per heavy atom. The lowest BCUT2D eigenvalue weighted by molar-refractivity contribution is -0.0763. The molecule has 1 heterocycles. The molecule has 2 N–H and O–H groups in total. The summed E-state index contributed by atoms with van der Waals surface area (Å²) in [5.41, 5.74) is 1.45. The van der Waals surface area contributed by atoms with Gasteiger partial charge >= 0.3 is 0 Å². The average molecular weight is 263 g/mol. The second-order valence-electron chi connectivity index (χ2n) is 6.02. The Labute approximate surface area is 113 Å². The van der Waals surface area contributed by atoms with Crippen molar-refractivity contribution in [1.82, 2.24) is 5.32 Å². The minimum atomic E-state index is -0.150. The first-order chi connectivity index (χ1) is 8.59. The van der Waals surface area contributed by atoms with Gasteiger partial charge in [-0.3, -0.25) is 0 Å². The SMILES string of the molecule is CC1(C)C(O)CC1NC1CCSc2ccccc21. The van der Waals surface area contributed by atoms with Gasteiger partial charge in [-0.05, 0) is 30.2 Å². The molecule has 2 aliphatic rings. The quantitative estimate of drug-likeness (QED) is 0.860. The topological polar surface area (TPSA) is 32.3 Å². The molecule has 1 aromatic rings. The van der Waals surface area contributed by atoms with Crippen molar-refractivity contribution in [2.45, 2.75) is 49.8 Å². The molecule has 3 atom stereocenters. The van der Waals surface area contributed by atoms with Crippen LogP contribution in [0.5, 0.6) is 0 Å². The number of fused-ring (bicyclic) bond motifs is 1. The van der Waals surface area contributed by atoms with E-state index >= 15 is 0 Å². The first-order valence-electron chi connectivity index (χ1n) is 6.75. The molecule has 1 aromatic carbocycles. The van der Waals surface area contributed by atoms with Gasteiger partial charge in [0, 0.05) is 22.4 Å². The van der Waals surface area contributed by atoms with Gasteiger partial charge in [0.2, 0.25) is 0 Å². The van der Waals surface area contributed by atoms with Crippen LogP contribution in [0.25, 0.3) is 0 Å². The second-order valence-corrected chi connectivity index (χ2v) is 7.16. The van der Waals surface area contributed by atoms with Crippen LogP contribution in [0.3, 0.4) is 0 Å². The largest absolute Gasteiger partial charge is 0.392 e. The van der Waals surface area contributed by atoms with Gasteiger partial charge in [-0.25, -0.2) is 0 Å². The molecule has 0 amide bonds. The van der Waals surface area contributed by atoms with Crippen LogP contribution in [-0.4, -0.2) is 23.0 Å². The van der Waals surface area contributed by atoms with Crippen molar-refractivity contribution in [1.29, 1.82) is 0 Å². The maximum Gasteiger partial charge on any atom is 0.0621 e. The maximum absolute atomic E-state index is 9.83. The summed E-state index contributed by atoms with van der Waals surface area (Å²) >= 11 is 1.96. The molecule has 1 aliphatic heterocycles. The van der Waals surface area contributed by atoms with Gasteiger partial charge in [-0.1, -0.05) is 32.0 Å². The van der Waals surface area contributed by atoms with E-state index in [1.807, 2.05) is 11.8 Å². The highest BCUT2D eigenvalue weighted by Crippen LogP contribution is 2.43. The summed E-state index contributed by atoms with van der Waals surface area (Å²) in [5, 5.41) is 13.6. The molecule has 1 aliphatic carbocycles. The first-order valence-corrected chi connectivity index (χ1v) is 7.73. The van der Waals surface area contributed by atoms with Crippen LogP contribution < -0.4 is 5.32 Å². The molecule has 0 saturated heterocycles. The zero-order valence-corrected chi connectivity index (χ0v) is 11.8. The van der Waals surface area contributed by atoms with Crippen LogP contribution in [0.4, 0.5) is 0 Å². The predicted molar refractivity (Wildman–Crippen MR) is 75.9 cm³/mol. The van der Waals surface area contributed by atoms with Crippen LogP contribution in [0, 0.1) is 5.41 Å². The van der Waals surface area contributed by atoms with E-state index in [0.29, 0.717) is 12.1 Å². The van der Waals surface area contributed by atoms with Crippen molar-refractivity contribution in [3.05, 3.63) is 29.8 Å². The lowest BCUT2D eigenvalue weighted by Crippen LogP contribution is -2.60. The number of aliphatic hydroxyl groups excluding tert-OH is 1. The number of nitrogens with one attached hydrogen (secondary N) is 1. The summed E-state index contributed by atoms with van der Waals surface area (Å²) in [6, 6.07) is 9.59. The predicted octanol–water partition coefficient (Wildman–Crippen LogP) is 2.97. The lowest BCUT2D eigenvalue weighted by atomic mass is 9.64.